The zero-order valence-electron chi connectivity index (χ0n) is 7.46. The van der Waals surface area contributed by atoms with E-state index in [1.165, 1.54) is 13.2 Å². The number of ether oxygens (including phenoxy) is 2. The Kier molecular flexibility index (Phi) is 2.65. The molecule has 1 aliphatic heterocycles. The van der Waals surface area contributed by atoms with E-state index in [1.54, 1.807) is 0 Å². The average Bonchev–Trinajstić information content (AvgIpc) is 2.29. The Labute approximate surface area is 71.7 Å². The van der Waals surface area contributed by atoms with E-state index in [9.17, 15) is 4.79 Å². The van der Waals surface area contributed by atoms with Crippen molar-refractivity contribution in [1.29, 1.82) is 0 Å². The van der Waals surface area contributed by atoms with Gasteiger partial charge in [-0.25, -0.2) is 4.79 Å². The second kappa shape index (κ2) is 3.54. The van der Waals surface area contributed by atoms with Gasteiger partial charge in [-0.05, 0) is 13.8 Å². The highest BCUT2D eigenvalue weighted by molar-refractivity contribution is 5.86. The lowest BCUT2D eigenvalue weighted by molar-refractivity contribution is -0.154. The molecule has 3 heteroatoms. The molecule has 0 aliphatic carbocycles. The fraction of sp³-hybridized carbons (Fsp3) is 0.444. The van der Waals surface area contributed by atoms with E-state index in [-0.39, 0.29) is 5.97 Å². The van der Waals surface area contributed by atoms with Crippen LogP contribution < -0.4 is 0 Å². The maximum absolute atomic E-state index is 10.8. The summed E-state index contributed by atoms with van der Waals surface area (Å²) in [6.45, 7) is 3.91. The zero-order valence-corrected chi connectivity index (χ0v) is 7.46. The molecule has 0 aromatic rings. The quantitative estimate of drug-likeness (QED) is 0.585. The van der Waals surface area contributed by atoms with Crippen LogP contribution in [0.4, 0.5) is 0 Å². The Balaban J connectivity index is 2.80. The van der Waals surface area contributed by atoms with Crippen molar-refractivity contribution in [3.63, 3.8) is 0 Å². The predicted molar refractivity (Wildman–Crippen MR) is 44.4 cm³/mol. The van der Waals surface area contributed by atoms with Crippen LogP contribution in [-0.4, -0.2) is 19.4 Å². The summed E-state index contributed by atoms with van der Waals surface area (Å²) in [6.07, 6.45) is 2.80. The molecule has 0 aromatic carbocycles. The monoisotopic (exact) mass is 168 g/mol. The molecule has 1 heterocycles. The predicted octanol–water partition coefficient (Wildman–Crippen LogP) is 1.41. The fourth-order valence-corrected chi connectivity index (χ4v) is 1.04. The Bertz CT molecular complexity index is 246. The van der Waals surface area contributed by atoms with Crippen LogP contribution >= 0.6 is 0 Å². The largest absolute Gasteiger partial charge is 0.428 e. The number of carbonyl (C=O) groups is 1. The van der Waals surface area contributed by atoms with Gasteiger partial charge in [0.05, 0.1) is 0 Å². The van der Waals surface area contributed by atoms with Crippen LogP contribution in [0.5, 0.6) is 0 Å². The summed E-state index contributed by atoms with van der Waals surface area (Å²) in [5.41, 5.74) is 1.89. The van der Waals surface area contributed by atoms with E-state index >= 15 is 0 Å². The normalized spacial score (nSPS) is 21.8. The topological polar surface area (TPSA) is 35.5 Å². The number of hydrogen-bond donors (Lipinski definition) is 0. The SMILES string of the molecule is COC1OC(=O)C=C1C=C(C)C. The van der Waals surface area contributed by atoms with Crippen LogP contribution in [0.15, 0.2) is 23.3 Å². The van der Waals surface area contributed by atoms with Gasteiger partial charge in [0.25, 0.3) is 0 Å². The molecule has 3 nitrogen and oxygen atoms in total. The second-order valence-electron chi connectivity index (χ2n) is 2.87. The van der Waals surface area contributed by atoms with E-state index in [0.29, 0.717) is 0 Å². The first-order valence-electron chi connectivity index (χ1n) is 3.73. The number of hydrogen-bond acceptors (Lipinski definition) is 3. The van der Waals surface area contributed by atoms with E-state index < -0.39 is 6.29 Å². The van der Waals surface area contributed by atoms with E-state index in [2.05, 4.69) is 0 Å². The molecule has 0 aromatic heterocycles. The second-order valence-corrected chi connectivity index (χ2v) is 2.87. The summed E-state index contributed by atoms with van der Waals surface area (Å²) in [7, 11) is 1.51. The lowest BCUT2D eigenvalue weighted by Gasteiger charge is -2.08. The molecule has 1 aliphatic rings. The number of carbonyl (C=O) groups excluding carboxylic acids is 1. The van der Waals surface area contributed by atoms with Gasteiger partial charge in [-0.15, -0.1) is 0 Å². The third kappa shape index (κ3) is 1.95. The summed E-state index contributed by atoms with van der Waals surface area (Å²) in [5.74, 6) is -0.339. The molecule has 0 radical (unpaired) electrons. The fourth-order valence-electron chi connectivity index (χ4n) is 1.04. The highest BCUT2D eigenvalue weighted by Crippen LogP contribution is 2.18. The van der Waals surface area contributed by atoms with Crippen LogP contribution in [0, 0.1) is 0 Å². The standard InChI is InChI=1S/C9H12O3/c1-6(2)4-7-5-8(10)12-9(7)11-3/h4-5,9H,1-3H3. The minimum absolute atomic E-state index is 0.339. The summed E-state index contributed by atoms with van der Waals surface area (Å²) < 4.78 is 9.76. The first-order valence-corrected chi connectivity index (χ1v) is 3.73. The molecule has 0 fully saturated rings. The Hall–Kier alpha value is -1.09. The number of rotatable bonds is 2. The van der Waals surface area contributed by atoms with Crippen molar-refractivity contribution in [2.45, 2.75) is 20.1 Å². The molecule has 12 heavy (non-hydrogen) atoms. The van der Waals surface area contributed by atoms with Crippen molar-refractivity contribution in [1.82, 2.24) is 0 Å². The number of esters is 1. The summed E-state index contributed by atoms with van der Waals surface area (Å²) in [4.78, 5) is 10.8. The molecular weight excluding hydrogens is 156 g/mol. The number of cyclic esters (lactones) is 1. The van der Waals surface area contributed by atoms with Crippen molar-refractivity contribution >= 4 is 5.97 Å². The van der Waals surface area contributed by atoms with Crippen molar-refractivity contribution < 1.29 is 14.3 Å². The summed E-state index contributed by atoms with van der Waals surface area (Å²) in [5, 5.41) is 0. The van der Waals surface area contributed by atoms with Crippen molar-refractivity contribution in [3.05, 3.63) is 23.3 Å². The highest BCUT2D eigenvalue weighted by Gasteiger charge is 2.23. The van der Waals surface area contributed by atoms with Gasteiger partial charge in [-0.1, -0.05) is 11.6 Å². The highest BCUT2D eigenvalue weighted by atomic mass is 16.7. The molecule has 0 saturated carbocycles. The average molecular weight is 168 g/mol. The van der Waals surface area contributed by atoms with Crippen LogP contribution in [0.1, 0.15) is 13.8 Å². The van der Waals surface area contributed by atoms with Gasteiger partial charge >= 0.3 is 5.97 Å². The van der Waals surface area contributed by atoms with Gasteiger partial charge < -0.3 is 9.47 Å². The third-order valence-corrected chi connectivity index (χ3v) is 1.45. The molecule has 66 valence electrons. The molecule has 0 bridgehead atoms. The Morgan fingerprint density at radius 1 is 1.67 bits per heavy atom. The first-order chi connectivity index (χ1) is 5.63. The molecule has 0 spiro atoms. The molecule has 1 unspecified atom stereocenters. The minimum Gasteiger partial charge on any atom is -0.428 e. The van der Waals surface area contributed by atoms with E-state index in [0.717, 1.165) is 11.1 Å². The van der Waals surface area contributed by atoms with Crippen molar-refractivity contribution in [2.75, 3.05) is 7.11 Å². The van der Waals surface area contributed by atoms with Gasteiger partial charge in [-0.2, -0.15) is 0 Å². The number of allylic oxidation sites excluding steroid dienone is 1. The molecule has 1 atom stereocenters. The maximum Gasteiger partial charge on any atom is 0.333 e. The minimum atomic E-state index is -0.521. The van der Waals surface area contributed by atoms with Crippen LogP contribution in [0.3, 0.4) is 0 Å². The number of methoxy groups -OCH3 is 1. The molecule has 0 N–H and O–H groups in total. The van der Waals surface area contributed by atoms with Crippen molar-refractivity contribution in [2.24, 2.45) is 0 Å². The van der Waals surface area contributed by atoms with E-state index in [4.69, 9.17) is 9.47 Å². The van der Waals surface area contributed by atoms with Gasteiger partial charge in [0.15, 0.2) is 0 Å². The molecule has 0 amide bonds. The molecule has 1 rings (SSSR count). The van der Waals surface area contributed by atoms with Gasteiger partial charge in [-0.3, -0.25) is 0 Å². The third-order valence-electron chi connectivity index (χ3n) is 1.45. The van der Waals surface area contributed by atoms with E-state index in [1.807, 2.05) is 19.9 Å². The lowest BCUT2D eigenvalue weighted by atomic mass is 10.2. The van der Waals surface area contributed by atoms with Gasteiger partial charge in [0.2, 0.25) is 6.29 Å². The maximum atomic E-state index is 10.8. The van der Waals surface area contributed by atoms with Gasteiger partial charge in [0, 0.05) is 18.8 Å². The lowest BCUT2D eigenvalue weighted by Crippen LogP contribution is -2.12. The molecule has 0 saturated heterocycles. The summed E-state index contributed by atoms with van der Waals surface area (Å²) in [6, 6.07) is 0. The Morgan fingerprint density at radius 3 is 2.83 bits per heavy atom. The summed E-state index contributed by atoms with van der Waals surface area (Å²) >= 11 is 0. The Morgan fingerprint density at radius 2 is 2.33 bits per heavy atom. The van der Waals surface area contributed by atoms with Crippen molar-refractivity contribution in [3.8, 4) is 0 Å². The zero-order chi connectivity index (χ0) is 9.14. The van der Waals surface area contributed by atoms with Gasteiger partial charge in [0.1, 0.15) is 0 Å². The smallest absolute Gasteiger partial charge is 0.333 e. The molecular formula is C9H12O3. The van der Waals surface area contributed by atoms with Crippen LogP contribution in [-0.2, 0) is 14.3 Å². The van der Waals surface area contributed by atoms with Crippen LogP contribution in [0.2, 0.25) is 0 Å². The first kappa shape index (κ1) is 9.00. The van der Waals surface area contributed by atoms with Crippen LogP contribution in [0.25, 0.3) is 0 Å².